The summed E-state index contributed by atoms with van der Waals surface area (Å²) in [7, 11) is 0.739. The number of ether oxygens (including phenoxy) is 4. The number of hydrogen-bond donors (Lipinski definition) is 2. The standard InChI is InChI=1S/C36H43N2O8PS2Si.C6H15N/c1-35(2,3)50(6,7)46-32-31(45-47(48)49)29(44-33(32)38-22-21-30(39)37-34(38)40)23-43-36(24-11-9-8-10-12-24,25-13-17-27(41-4)18-14-25)26-15-19-28(42-5)20-16-26;1-4-7(5-2)6-3/h8-22,29,31-33H,23H2,1-7H3,(H,37,39,40);4-6H2,1-3H3/p+1/t29-,31-,32-,33-;/m1./s1. The molecule has 1 aliphatic heterocycles. The summed E-state index contributed by atoms with van der Waals surface area (Å²) in [4.78, 5) is 29.3. The van der Waals surface area contributed by atoms with Crippen molar-refractivity contribution in [2.45, 2.75) is 89.8 Å². The predicted molar refractivity (Wildman–Crippen MR) is 235 cm³/mol. The highest BCUT2D eigenvalue weighted by molar-refractivity contribution is 8.45. The summed E-state index contributed by atoms with van der Waals surface area (Å²) in [6, 6.07) is 26.6. The molecule has 2 heterocycles. The second kappa shape index (κ2) is 20.7. The van der Waals surface area contributed by atoms with Gasteiger partial charge in [-0.05, 0) is 79.9 Å². The Bertz CT molecular complexity index is 1930. The number of quaternary nitrogens is 1. The smallest absolute Gasteiger partial charge is 0.330 e. The third-order valence-corrected chi connectivity index (χ3v) is 16.4. The molecule has 5 rings (SSSR count). The molecule has 0 spiro atoms. The number of hydrogen-bond acceptors (Lipinski definition) is 10. The maximum atomic E-state index is 13.2. The summed E-state index contributed by atoms with van der Waals surface area (Å²) in [5.74, 6) is 1.39. The van der Waals surface area contributed by atoms with E-state index in [4.69, 9.17) is 52.0 Å². The van der Waals surface area contributed by atoms with Crippen molar-refractivity contribution >= 4 is 38.5 Å². The first-order valence-electron chi connectivity index (χ1n) is 19.3. The number of rotatable bonds is 16. The van der Waals surface area contributed by atoms with Crippen LogP contribution in [0.3, 0.4) is 0 Å². The summed E-state index contributed by atoms with van der Waals surface area (Å²) < 4.78 is 39.5. The van der Waals surface area contributed by atoms with Gasteiger partial charge in [0.25, 0.3) is 5.56 Å². The minimum atomic E-state index is -2.50. The average Bonchev–Trinajstić information content (AvgIpc) is 3.50. The molecule has 1 aliphatic rings. The Hall–Kier alpha value is -3.17. The van der Waals surface area contributed by atoms with Crippen LogP contribution in [0.2, 0.25) is 18.1 Å². The highest BCUT2D eigenvalue weighted by Crippen LogP contribution is 2.46. The normalized spacial score (nSPS) is 18.8. The van der Waals surface area contributed by atoms with Gasteiger partial charge >= 0.3 is 5.69 Å². The molecule has 0 saturated carbocycles. The van der Waals surface area contributed by atoms with Crippen LogP contribution in [0, 0.1) is 0 Å². The monoisotopic (exact) mass is 856 g/mol. The Labute approximate surface area is 349 Å². The van der Waals surface area contributed by atoms with Crippen LogP contribution in [-0.2, 0) is 48.1 Å². The van der Waals surface area contributed by atoms with E-state index >= 15 is 0 Å². The highest BCUT2D eigenvalue weighted by atomic mass is 32.9. The molecule has 1 unspecified atom stereocenters. The molecule has 3 aromatic carbocycles. The van der Waals surface area contributed by atoms with Gasteiger partial charge in [0.05, 0.1) is 40.5 Å². The molecule has 57 heavy (non-hydrogen) atoms. The molecule has 310 valence electrons. The maximum Gasteiger partial charge on any atom is 0.330 e. The lowest BCUT2D eigenvalue weighted by Crippen LogP contribution is -3.11. The number of H-pyrrole nitrogens is 1. The molecule has 11 nitrogen and oxygen atoms in total. The van der Waals surface area contributed by atoms with E-state index < -0.39 is 55.8 Å². The van der Waals surface area contributed by atoms with Gasteiger partial charge in [-0.3, -0.25) is 14.3 Å². The van der Waals surface area contributed by atoms with Crippen molar-refractivity contribution < 1.29 is 32.8 Å². The number of nitrogens with one attached hydrogen (secondary N) is 2. The van der Waals surface area contributed by atoms with Crippen LogP contribution in [0.25, 0.3) is 0 Å². The fourth-order valence-corrected chi connectivity index (χ4v) is 8.93. The van der Waals surface area contributed by atoms with Crippen LogP contribution in [0.1, 0.15) is 64.5 Å². The van der Waals surface area contributed by atoms with Crippen LogP contribution in [0.5, 0.6) is 11.5 Å². The number of aromatic amines is 1. The summed E-state index contributed by atoms with van der Waals surface area (Å²) in [6.45, 7) is 21.1. The van der Waals surface area contributed by atoms with Crippen LogP contribution in [-0.4, -0.2) is 76.6 Å². The Morgan fingerprint density at radius 2 is 1.33 bits per heavy atom. The first kappa shape index (κ1) is 46.5. The summed E-state index contributed by atoms with van der Waals surface area (Å²) in [6.07, 6.45) is -3.67. The van der Waals surface area contributed by atoms with Crippen molar-refractivity contribution in [3.05, 3.63) is 129 Å². The molecular weight excluding hydrogens is 798 g/mol. The van der Waals surface area contributed by atoms with Gasteiger partial charge in [0.15, 0.2) is 32.5 Å². The number of aromatic nitrogens is 2. The van der Waals surface area contributed by atoms with E-state index in [1.807, 2.05) is 78.9 Å². The Morgan fingerprint density at radius 1 is 0.825 bits per heavy atom. The summed E-state index contributed by atoms with van der Waals surface area (Å²) in [5.41, 5.74) is 0.221. The van der Waals surface area contributed by atoms with E-state index in [0.29, 0.717) is 11.5 Å². The van der Waals surface area contributed by atoms with Crippen LogP contribution in [0.15, 0.2) is 101 Å². The molecule has 0 aliphatic carbocycles. The molecule has 0 radical (unpaired) electrons. The minimum Gasteiger partial charge on any atom is -0.497 e. The molecule has 1 fully saturated rings. The first-order valence-corrected chi connectivity index (χ1v) is 25.5. The van der Waals surface area contributed by atoms with Gasteiger partial charge in [-0.1, -0.05) is 75.4 Å². The first-order chi connectivity index (χ1) is 27.0. The number of nitrogens with zero attached hydrogens (tertiary/aromatic N) is 1. The van der Waals surface area contributed by atoms with Crippen molar-refractivity contribution in [3.8, 4) is 11.5 Å². The molecule has 1 saturated heterocycles. The van der Waals surface area contributed by atoms with Crippen molar-refractivity contribution in [2.75, 3.05) is 40.5 Å². The summed E-state index contributed by atoms with van der Waals surface area (Å²) >= 11 is 10.9. The van der Waals surface area contributed by atoms with E-state index in [1.165, 1.54) is 36.5 Å². The fourth-order valence-electron chi connectivity index (χ4n) is 6.59. The van der Waals surface area contributed by atoms with Crippen LogP contribution >= 0.6 is 6.13 Å². The largest absolute Gasteiger partial charge is 0.497 e. The van der Waals surface area contributed by atoms with E-state index in [0.717, 1.165) is 16.7 Å². The van der Waals surface area contributed by atoms with Gasteiger partial charge in [-0.25, -0.2) is 4.79 Å². The quantitative estimate of drug-likeness (QED) is 0.0562. The average molecular weight is 857 g/mol. The predicted octanol–water partition coefficient (Wildman–Crippen LogP) is 6.49. The molecular formula is C42H59N3O8PS2Si+. The van der Waals surface area contributed by atoms with Gasteiger partial charge in [-0.2, -0.15) is 4.52 Å². The lowest BCUT2D eigenvalue weighted by atomic mass is 9.80. The van der Waals surface area contributed by atoms with Crippen molar-refractivity contribution in [1.82, 2.24) is 9.55 Å². The third-order valence-electron chi connectivity index (χ3n) is 11.0. The molecule has 5 atom stereocenters. The Morgan fingerprint density at radius 3 is 1.75 bits per heavy atom. The zero-order valence-electron chi connectivity index (χ0n) is 34.8. The molecule has 2 N–H and O–H groups in total. The minimum absolute atomic E-state index is 0.0164. The van der Waals surface area contributed by atoms with Gasteiger partial charge in [0.1, 0.15) is 29.3 Å². The molecule has 15 heteroatoms. The molecule has 1 aromatic heterocycles. The van der Waals surface area contributed by atoms with Crippen LogP contribution in [0.4, 0.5) is 0 Å². The van der Waals surface area contributed by atoms with Gasteiger partial charge in [0.2, 0.25) is 6.13 Å². The number of methoxy groups -OCH3 is 2. The molecule has 4 aromatic rings. The SMILES string of the molecule is CC[NH+](CC)CC.COc1ccc(C(OC[C@H]2O[C@@H](n3ccc(=O)[nH]c3=O)[C@H](O[Si](C)(C)C(C)(C)C)[C@@H]2O[P+](=S)[S-])(c2ccccc2)c2ccc(OC)cc2)cc1. The Balaban J connectivity index is 0.000000940. The van der Waals surface area contributed by atoms with E-state index in [1.54, 1.807) is 19.1 Å². The van der Waals surface area contributed by atoms with Gasteiger partial charge in [0, 0.05) is 12.3 Å². The maximum absolute atomic E-state index is 13.2. The van der Waals surface area contributed by atoms with Gasteiger partial charge in [-0.15, -0.1) is 0 Å². The topological polar surface area (TPSA) is 115 Å². The van der Waals surface area contributed by atoms with Gasteiger partial charge < -0.3 is 40.5 Å². The Kier molecular flexibility index (Phi) is 16.9. The number of benzene rings is 3. The van der Waals surface area contributed by atoms with E-state index in [2.05, 4.69) is 59.6 Å². The highest BCUT2D eigenvalue weighted by Gasteiger charge is 2.54. The lowest BCUT2D eigenvalue weighted by molar-refractivity contribution is -0.894. The van der Waals surface area contributed by atoms with E-state index in [9.17, 15) is 9.59 Å². The molecule has 0 bridgehead atoms. The zero-order valence-corrected chi connectivity index (χ0v) is 38.3. The van der Waals surface area contributed by atoms with Crippen molar-refractivity contribution in [3.63, 3.8) is 0 Å². The lowest BCUT2D eigenvalue weighted by Gasteiger charge is -2.40. The molecule has 0 amide bonds. The third kappa shape index (κ3) is 11.3. The van der Waals surface area contributed by atoms with E-state index in [-0.39, 0.29) is 11.6 Å². The van der Waals surface area contributed by atoms with Crippen molar-refractivity contribution in [1.29, 1.82) is 0 Å². The van der Waals surface area contributed by atoms with Crippen molar-refractivity contribution in [2.24, 2.45) is 0 Å². The fraction of sp³-hybridized carbons (Fsp3) is 0.476. The zero-order chi connectivity index (χ0) is 42.0. The second-order valence-corrected chi connectivity index (χ2v) is 23.4. The van der Waals surface area contributed by atoms with Crippen LogP contribution < -0.4 is 25.6 Å². The second-order valence-electron chi connectivity index (χ2n) is 15.3. The summed E-state index contributed by atoms with van der Waals surface area (Å²) in [5, 5.41) is -0.190.